The third-order valence-corrected chi connectivity index (χ3v) is 3.55. The Kier molecular flexibility index (Phi) is 6.90. The Balaban J connectivity index is 2.28. The second-order valence-corrected chi connectivity index (χ2v) is 4.77. The molecule has 0 saturated heterocycles. The van der Waals surface area contributed by atoms with Crippen molar-refractivity contribution < 1.29 is 0 Å². The van der Waals surface area contributed by atoms with E-state index >= 15 is 0 Å². The SMILES string of the molecule is CCN(CC)CCNCc1ccc(Cl)c(Cl)c1. The van der Waals surface area contributed by atoms with Crippen LogP contribution in [0, 0.1) is 0 Å². The lowest BCUT2D eigenvalue weighted by Crippen LogP contribution is -2.31. The lowest BCUT2D eigenvalue weighted by Gasteiger charge is -2.18. The molecule has 0 aliphatic carbocycles. The molecule has 0 aliphatic rings. The van der Waals surface area contributed by atoms with Gasteiger partial charge in [0.2, 0.25) is 0 Å². The minimum atomic E-state index is 0.610. The molecule has 96 valence electrons. The summed E-state index contributed by atoms with van der Waals surface area (Å²) in [6.45, 7) is 9.47. The highest BCUT2D eigenvalue weighted by Gasteiger charge is 2.00. The molecule has 1 N–H and O–H groups in total. The first-order valence-corrected chi connectivity index (χ1v) is 6.80. The fraction of sp³-hybridized carbons (Fsp3) is 0.538. The predicted octanol–water partition coefficient (Wildman–Crippen LogP) is 3.42. The summed E-state index contributed by atoms with van der Waals surface area (Å²) in [5.74, 6) is 0. The second-order valence-electron chi connectivity index (χ2n) is 3.95. The first kappa shape index (κ1) is 14.8. The zero-order valence-electron chi connectivity index (χ0n) is 10.5. The summed E-state index contributed by atoms with van der Waals surface area (Å²) in [7, 11) is 0. The van der Waals surface area contributed by atoms with E-state index in [-0.39, 0.29) is 0 Å². The van der Waals surface area contributed by atoms with Crippen LogP contribution >= 0.6 is 23.2 Å². The van der Waals surface area contributed by atoms with Gasteiger partial charge in [0.1, 0.15) is 0 Å². The third-order valence-electron chi connectivity index (χ3n) is 2.81. The summed E-state index contributed by atoms with van der Waals surface area (Å²) in [5.41, 5.74) is 1.17. The Morgan fingerprint density at radius 1 is 1.12 bits per heavy atom. The monoisotopic (exact) mass is 274 g/mol. The average Bonchev–Trinajstić information content (AvgIpc) is 2.34. The largest absolute Gasteiger partial charge is 0.311 e. The van der Waals surface area contributed by atoms with Crippen LogP contribution < -0.4 is 5.32 Å². The number of hydrogen-bond acceptors (Lipinski definition) is 2. The Morgan fingerprint density at radius 3 is 2.41 bits per heavy atom. The van der Waals surface area contributed by atoms with Crippen LogP contribution in [0.5, 0.6) is 0 Å². The number of nitrogens with one attached hydrogen (secondary N) is 1. The zero-order valence-corrected chi connectivity index (χ0v) is 12.0. The Labute approximate surface area is 114 Å². The van der Waals surface area contributed by atoms with Crippen LogP contribution in [0.25, 0.3) is 0 Å². The number of benzene rings is 1. The highest BCUT2D eigenvalue weighted by molar-refractivity contribution is 6.42. The summed E-state index contributed by atoms with van der Waals surface area (Å²) in [6.07, 6.45) is 0. The molecule has 0 atom stereocenters. The lowest BCUT2D eigenvalue weighted by atomic mass is 10.2. The number of rotatable bonds is 7. The molecular weight excluding hydrogens is 255 g/mol. The van der Waals surface area contributed by atoms with Gasteiger partial charge >= 0.3 is 0 Å². The molecule has 1 rings (SSSR count). The van der Waals surface area contributed by atoms with Crippen molar-refractivity contribution in [3.8, 4) is 0 Å². The van der Waals surface area contributed by atoms with Crippen LogP contribution in [0.3, 0.4) is 0 Å². The molecule has 0 bridgehead atoms. The molecule has 0 saturated carbocycles. The van der Waals surface area contributed by atoms with Gasteiger partial charge in [-0.3, -0.25) is 0 Å². The molecule has 4 heteroatoms. The maximum atomic E-state index is 5.95. The molecule has 17 heavy (non-hydrogen) atoms. The van der Waals surface area contributed by atoms with Crippen molar-refractivity contribution in [2.24, 2.45) is 0 Å². The van der Waals surface area contributed by atoms with E-state index in [9.17, 15) is 0 Å². The van der Waals surface area contributed by atoms with Gasteiger partial charge in [-0.25, -0.2) is 0 Å². The molecule has 1 aromatic rings. The number of likely N-dealkylation sites (N-methyl/N-ethyl adjacent to an activating group) is 1. The van der Waals surface area contributed by atoms with E-state index in [0.717, 1.165) is 32.7 Å². The van der Waals surface area contributed by atoms with Crippen molar-refractivity contribution in [1.29, 1.82) is 0 Å². The number of hydrogen-bond donors (Lipinski definition) is 1. The van der Waals surface area contributed by atoms with E-state index in [1.165, 1.54) is 5.56 Å². The summed E-state index contributed by atoms with van der Waals surface area (Å²) in [6, 6.07) is 5.75. The normalized spacial score (nSPS) is 11.1. The first-order chi connectivity index (χ1) is 8.17. The van der Waals surface area contributed by atoms with Gasteiger partial charge in [-0.15, -0.1) is 0 Å². The van der Waals surface area contributed by atoms with Crippen LogP contribution in [0.4, 0.5) is 0 Å². The van der Waals surface area contributed by atoms with Crippen molar-refractivity contribution in [2.45, 2.75) is 20.4 Å². The van der Waals surface area contributed by atoms with Crippen molar-refractivity contribution in [3.05, 3.63) is 33.8 Å². The second kappa shape index (κ2) is 7.93. The molecule has 2 nitrogen and oxygen atoms in total. The van der Waals surface area contributed by atoms with Crippen molar-refractivity contribution in [3.63, 3.8) is 0 Å². The van der Waals surface area contributed by atoms with Gasteiger partial charge in [-0.1, -0.05) is 43.1 Å². The highest BCUT2D eigenvalue weighted by Crippen LogP contribution is 2.22. The third kappa shape index (κ3) is 5.26. The number of nitrogens with zero attached hydrogens (tertiary/aromatic N) is 1. The Bertz CT molecular complexity index is 338. The van der Waals surface area contributed by atoms with Crippen LogP contribution in [0.1, 0.15) is 19.4 Å². The Morgan fingerprint density at radius 2 is 1.82 bits per heavy atom. The molecule has 0 unspecified atom stereocenters. The Hall–Kier alpha value is -0.280. The summed E-state index contributed by atoms with van der Waals surface area (Å²) in [4.78, 5) is 2.39. The highest BCUT2D eigenvalue weighted by atomic mass is 35.5. The summed E-state index contributed by atoms with van der Waals surface area (Å²) in [5, 5.41) is 4.63. The topological polar surface area (TPSA) is 15.3 Å². The molecule has 0 heterocycles. The predicted molar refractivity (Wildman–Crippen MR) is 76.0 cm³/mol. The molecular formula is C13H20Cl2N2. The quantitative estimate of drug-likeness (QED) is 0.767. The average molecular weight is 275 g/mol. The van der Waals surface area contributed by atoms with Gasteiger partial charge in [-0.2, -0.15) is 0 Å². The smallest absolute Gasteiger partial charge is 0.0595 e. The fourth-order valence-corrected chi connectivity index (χ4v) is 1.98. The van der Waals surface area contributed by atoms with E-state index in [1.54, 1.807) is 0 Å². The van der Waals surface area contributed by atoms with E-state index in [1.807, 2.05) is 18.2 Å². The number of halogens is 2. The molecule has 0 spiro atoms. The van der Waals surface area contributed by atoms with Crippen molar-refractivity contribution in [1.82, 2.24) is 10.2 Å². The molecule has 0 aromatic heterocycles. The standard InChI is InChI=1S/C13H20Cl2N2/c1-3-17(4-2)8-7-16-10-11-5-6-12(14)13(15)9-11/h5-6,9,16H,3-4,7-8,10H2,1-2H3. The van der Waals surface area contributed by atoms with E-state index < -0.39 is 0 Å². The van der Waals surface area contributed by atoms with Gasteiger partial charge in [0.25, 0.3) is 0 Å². The van der Waals surface area contributed by atoms with Crippen molar-refractivity contribution >= 4 is 23.2 Å². The molecule has 0 fully saturated rings. The summed E-state index contributed by atoms with van der Waals surface area (Å²) < 4.78 is 0. The maximum Gasteiger partial charge on any atom is 0.0595 e. The van der Waals surface area contributed by atoms with Crippen LogP contribution in [0.15, 0.2) is 18.2 Å². The van der Waals surface area contributed by atoms with Gasteiger partial charge in [-0.05, 0) is 30.8 Å². The lowest BCUT2D eigenvalue weighted by molar-refractivity contribution is 0.302. The minimum Gasteiger partial charge on any atom is -0.311 e. The van der Waals surface area contributed by atoms with Crippen LogP contribution in [-0.2, 0) is 6.54 Å². The van der Waals surface area contributed by atoms with Crippen LogP contribution in [0.2, 0.25) is 10.0 Å². The van der Waals surface area contributed by atoms with Gasteiger partial charge < -0.3 is 10.2 Å². The fourth-order valence-electron chi connectivity index (χ4n) is 1.66. The van der Waals surface area contributed by atoms with E-state index in [0.29, 0.717) is 10.0 Å². The van der Waals surface area contributed by atoms with Gasteiger partial charge in [0, 0.05) is 19.6 Å². The molecule has 0 aliphatic heterocycles. The maximum absolute atomic E-state index is 5.95. The van der Waals surface area contributed by atoms with Gasteiger partial charge in [0.05, 0.1) is 10.0 Å². The zero-order chi connectivity index (χ0) is 12.7. The molecule has 1 aromatic carbocycles. The van der Waals surface area contributed by atoms with E-state index in [2.05, 4.69) is 24.1 Å². The molecule has 0 amide bonds. The van der Waals surface area contributed by atoms with Gasteiger partial charge in [0.15, 0.2) is 0 Å². The van der Waals surface area contributed by atoms with Crippen molar-refractivity contribution in [2.75, 3.05) is 26.2 Å². The van der Waals surface area contributed by atoms with E-state index in [4.69, 9.17) is 23.2 Å². The van der Waals surface area contributed by atoms with Crippen LogP contribution in [-0.4, -0.2) is 31.1 Å². The molecule has 0 radical (unpaired) electrons. The first-order valence-electron chi connectivity index (χ1n) is 6.04. The summed E-state index contributed by atoms with van der Waals surface area (Å²) >= 11 is 11.8. The minimum absolute atomic E-state index is 0.610.